The quantitative estimate of drug-likeness (QED) is 0.708. The fourth-order valence-corrected chi connectivity index (χ4v) is 1.47. The smallest absolute Gasteiger partial charge is 0.167 e. The van der Waals surface area contributed by atoms with Gasteiger partial charge in [0.15, 0.2) is 5.78 Å². The van der Waals surface area contributed by atoms with Crippen LogP contribution >= 0.6 is 0 Å². The summed E-state index contributed by atoms with van der Waals surface area (Å²) >= 11 is 0. The van der Waals surface area contributed by atoms with Crippen LogP contribution in [0.5, 0.6) is 0 Å². The van der Waals surface area contributed by atoms with Crippen molar-refractivity contribution in [3.63, 3.8) is 0 Å². The lowest BCUT2D eigenvalue weighted by atomic mass is 9.93. The Morgan fingerprint density at radius 3 is 2.53 bits per heavy atom. The maximum absolute atomic E-state index is 12.0. The van der Waals surface area contributed by atoms with Crippen molar-refractivity contribution in [2.45, 2.75) is 13.0 Å². The molecule has 2 atom stereocenters. The number of hydrogen-bond acceptors (Lipinski definition) is 3. The zero-order valence-electron chi connectivity index (χ0n) is 9.23. The predicted molar refractivity (Wildman–Crippen MR) is 61.8 cm³/mol. The van der Waals surface area contributed by atoms with Gasteiger partial charge in [-0.2, -0.15) is 0 Å². The molecule has 1 aromatic rings. The first kappa shape index (κ1) is 11.9. The van der Waals surface area contributed by atoms with Crippen LogP contribution in [-0.2, 0) is 0 Å². The van der Waals surface area contributed by atoms with Crippen LogP contribution in [0, 0.1) is 5.92 Å². The normalized spacial score (nSPS) is 14.6. The van der Waals surface area contributed by atoms with E-state index in [2.05, 4.69) is 5.32 Å². The summed E-state index contributed by atoms with van der Waals surface area (Å²) in [7, 11) is 1.83. The summed E-state index contributed by atoms with van der Waals surface area (Å²) in [6.07, 6.45) is 0. The second kappa shape index (κ2) is 5.63. The molecule has 3 N–H and O–H groups in total. The Morgan fingerprint density at radius 1 is 1.40 bits per heavy atom. The Morgan fingerprint density at radius 2 is 2.00 bits per heavy atom. The lowest BCUT2D eigenvalue weighted by Crippen LogP contribution is -2.41. The van der Waals surface area contributed by atoms with E-state index < -0.39 is 0 Å². The molecule has 3 nitrogen and oxygen atoms in total. The summed E-state index contributed by atoms with van der Waals surface area (Å²) in [5, 5.41) is 2.98. The number of rotatable bonds is 5. The Labute approximate surface area is 90.7 Å². The van der Waals surface area contributed by atoms with Gasteiger partial charge < -0.3 is 11.1 Å². The molecule has 0 aromatic heterocycles. The van der Waals surface area contributed by atoms with Gasteiger partial charge in [-0.15, -0.1) is 0 Å². The van der Waals surface area contributed by atoms with Gasteiger partial charge in [-0.3, -0.25) is 4.79 Å². The molecule has 0 fully saturated rings. The van der Waals surface area contributed by atoms with Crippen LogP contribution in [0.15, 0.2) is 30.3 Å². The van der Waals surface area contributed by atoms with E-state index >= 15 is 0 Å². The van der Waals surface area contributed by atoms with Crippen molar-refractivity contribution < 1.29 is 4.79 Å². The van der Waals surface area contributed by atoms with Crippen LogP contribution in [0.2, 0.25) is 0 Å². The number of carbonyl (C=O) groups is 1. The number of ketones is 1. The molecule has 0 heterocycles. The van der Waals surface area contributed by atoms with Gasteiger partial charge in [0.05, 0.1) is 0 Å². The van der Waals surface area contributed by atoms with Crippen LogP contribution in [0.3, 0.4) is 0 Å². The van der Waals surface area contributed by atoms with Gasteiger partial charge in [0.2, 0.25) is 0 Å². The number of Topliss-reactive ketones (excluding diaryl/α,β-unsaturated/α-hetero) is 1. The van der Waals surface area contributed by atoms with Crippen molar-refractivity contribution in [1.82, 2.24) is 5.32 Å². The maximum atomic E-state index is 12.0. The molecular formula is C12H18N2O. The largest absolute Gasteiger partial charge is 0.326 e. The van der Waals surface area contributed by atoms with E-state index in [9.17, 15) is 4.79 Å². The Balaban J connectivity index is 2.69. The molecule has 0 saturated carbocycles. The van der Waals surface area contributed by atoms with Crippen molar-refractivity contribution in [3.05, 3.63) is 35.9 Å². The summed E-state index contributed by atoms with van der Waals surface area (Å²) < 4.78 is 0. The average molecular weight is 206 g/mol. The summed E-state index contributed by atoms with van der Waals surface area (Å²) in [5.41, 5.74) is 6.62. The summed E-state index contributed by atoms with van der Waals surface area (Å²) in [6, 6.07) is 9.14. The SMILES string of the molecule is CNCC(N)C(C)C(=O)c1ccccc1. The number of nitrogens with one attached hydrogen (secondary N) is 1. The molecule has 0 saturated heterocycles. The second-order valence-corrected chi connectivity index (χ2v) is 3.74. The molecule has 0 aliphatic carbocycles. The fraction of sp³-hybridized carbons (Fsp3) is 0.417. The highest BCUT2D eigenvalue weighted by atomic mass is 16.1. The topological polar surface area (TPSA) is 55.1 Å². The first-order valence-electron chi connectivity index (χ1n) is 5.16. The summed E-state index contributed by atoms with van der Waals surface area (Å²) in [6.45, 7) is 2.52. The van der Waals surface area contributed by atoms with Gasteiger partial charge in [-0.1, -0.05) is 37.3 Å². The van der Waals surface area contributed by atoms with Crippen molar-refractivity contribution in [2.75, 3.05) is 13.6 Å². The minimum Gasteiger partial charge on any atom is -0.326 e. The third-order valence-corrected chi connectivity index (χ3v) is 2.55. The average Bonchev–Trinajstić information content (AvgIpc) is 2.28. The molecule has 0 aliphatic rings. The maximum Gasteiger partial charge on any atom is 0.167 e. The zero-order valence-corrected chi connectivity index (χ0v) is 9.23. The third kappa shape index (κ3) is 3.15. The monoisotopic (exact) mass is 206 g/mol. The standard InChI is InChI=1S/C12H18N2O/c1-9(11(13)8-14-2)12(15)10-6-4-3-5-7-10/h3-7,9,11,14H,8,13H2,1-2H3. The molecule has 1 rings (SSSR count). The van der Waals surface area contributed by atoms with E-state index in [-0.39, 0.29) is 17.7 Å². The molecular weight excluding hydrogens is 188 g/mol. The Bertz CT molecular complexity index is 311. The molecule has 0 bridgehead atoms. The molecule has 82 valence electrons. The molecule has 0 amide bonds. The van der Waals surface area contributed by atoms with Crippen molar-refractivity contribution in [1.29, 1.82) is 0 Å². The number of hydrogen-bond donors (Lipinski definition) is 2. The Kier molecular flexibility index (Phi) is 4.46. The first-order valence-corrected chi connectivity index (χ1v) is 5.16. The summed E-state index contributed by atoms with van der Waals surface area (Å²) in [5.74, 6) is -0.0433. The van der Waals surface area contributed by atoms with E-state index in [1.54, 1.807) is 0 Å². The van der Waals surface area contributed by atoms with Crippen molar-refractivity contribution in [3.8, 4) is 0 Å². The predicted octanol–water partition coefficient (Wildman–Crippen LogP) is 1.05. The highest BCUT2D eigenvalue weighted by Gasteiger charge is 2.20. The lowest BCUT2D eigenvalue weighted by molar-refractivity contribution is 0.0913. The van der Waals surface area contributed by atoms with E-state index in [1.807, 2.05) is 44.3 Å². The van der Waals surface area contributed by atoms with Crippen molar-refractivity contribution >= 4 is 5.78 Å². The van der Waals surface area contributed by atoms with Gasteiger partial charge in [-0.05, 0) is 7.05 Å². The van der Waals surface area contributed by atoms with Crippen molar-refractivity contribution in [2.24, 2.45) is 11.7 Å². The lowest BCUT2D eigenvalue weighted by Gasteiger charge is -2.18. The molecule has 0 aliphatic heterocycles. The van der Waals surface area contributed by atoms with Crippen LogP contribution in [0.1, 0.15) is 17.3 Å². The number of nitrogens with two attached hydrogens (primary N) is 1. The van der Waals surface area contributed by atoms with Gasteiger partial charge in [0.25, 0.3) is 0 Å². The number of benzene rings is 1. The van der Waals surface area contributed by atoms with Crippen LogP contribution in [0.4, 0.5) is 0 Å². The summed E-state index contributed by atoms with van der Waals surface area (Å²) in [4.78, 5) is 12.0. The third-order valence-electron chi connectivity index (χ3n) is 2.55. The highest BCUT2D eigenvalue weighted by Crippen LogP contribution is 2.10. The zero-order chi connectivity index (χ0) is 11.3. The molecule has 3 heteroatoms. The minimum absolute atomic E-state index is 0.110. The molecule has 15 heavy (non-hydrogen) atoms. The van der Waals surface area contributed by atoms with Crippen LogP contribution in [-0.4, -0.2) is 25.4 Å². The Hall–Kier alpha value is -1.19. The van der Waals surface area contributed by atoms with Gasteiger partial charge in [-0.25, -0.2) is 0 Å². The van der Waals surface area contributed by atoms with Crippen LogP contribution < -0.4 is 11.1 Å². The minimum atomic E-state index is -0.153. The van der Waals surface area contributed by atoms with Gasteiger partial charge >= 0.3 is 0 Å². The van der Waals surface area contributed by atoms with E-state index in [0.717, 1.165) is 5.56 Å². The molecule has 1 aromatic carbocycles. The van der Waals surface area contributed by atoms with Gasteiger partial charge in [0, 0.05) is 24.1 Å². The number of likely N-dealkylation sites (N-methyl/N-ethyl adjacent to an activating group) is 1. The number of carbonyl (C=O) groups excluding carboxylic acids is 1. The van der Waals surface area contributed by atoms with Crippen LogP contribution in [0.25, 0.3) is 0 Å². The molecule has 0 radical (unpaired) electrons. The van der Waals surface area contributed by atoms with E-state index in [0.29, 0.717) is 6.54 Å². The van der Waals surface area contributed by atoms with E-state index in [4.69, 9.17) is 5.73 Å². The molecule has 0 spiro atoms. The van der Waals surface area contributed by atoms with Gasteiger partial charge in [0.1, 0.15) is 0 Å². The first-order chi connectivity index (χ1) is 7.16. The fourth-order valence-electron chi connectivity index (χ4n) is 1.47. The van der Waals surface area contributed by atoms with E-state index in [1.165, 1.54) is 0 Å². The molecule has 2 unspecified atom stereocenters. The second-order valence-electron chi connectivity index (χ2n) is 3.74. The highest BCUT2D eigenvalue weighted by molar-refractivity contribution is 5.98.